The Hall–Kier alpha value is -2.23. The van der Waals surface area contributed by atoms with Crippen molar-refractivity contribution in [2.75, 3.05) is 5.32 Å². The predicted octanol–water partition coefficient (Wildman–Crippen LogP) is 3.67. The number of anilines is 1. The molecule has 0 aliphatic rings. The van der Waals surface area contributed by atoms with Crippen molar-refractivity contribution in [3.8, 4) is 0 Å². The van der Waals surface area contributed by atoms with Crippen LogP contribution in [0, 0.1) is 0 Å². The van der Waals surface area contributed by atoms with E-state index < -0.39 is 14.1 Å². The molecule has 2 N–H and O–H groups in total. The molecule has 5 nitrogen and oxygen atoms in total. The van der Waals surface area contributed by atoms with Crippen molar-refractivity contribution in [2.45, 2.75) is 12.8 Å². The van der Waals surface area contributed by atoms with Gasteiger partial charge < -0.3 is 4.74 Å². The van der Waals surface area contributed by atoms with E-state index in [2.05, 4.69) is 5.32 Å². The van der Waals surface area contributed by atoms with Gasteiger partial charge in [-0.1, -0.05) is 48.5 Å². The first-order valence-corrected chi connectivity index (χ1v) is 7.74. The monoisotopic (exact) mass is 304 g/mol. The van der Waals surface area contributed by atoms with E-state index in [1.54, 1.807) is 24.3 Å². The number of para-hydroxylation sites is 1. The van der Waals surface area contributed by atoms with Crippen LogP contribution < -0.4 is 5.32 Å². The van der Waals surface area contributed by atoms with Crippen LogP contribution >= 0.6 is 8.03 Å². The Morgan fingerprint density at radius 1 is 1.10 bits per heavy atom. The molecule has 1 unspecified atom stereocenters. The number of hydrogen-bond acceptors (Lipinski definition) is 3. The fraction of sp³-hybridized carbons (Fsp3) is 0.133. The Bertz CT molecular complexity index is 631. The topological polar surface area (TPSA) is 75.6 Å². The Balaban J connectivity index is 1.95. The first-order chi connectivity index (χ1) is 10.1. The highest BCUT2D eigenvalue weighted by Gasteiger charge is 2.16. The summed E-state index contributed by atoms with van der Waals surface area (Å²) in [5.74, 6) is 0. The summed E-state index contributed by atoms with van der Waals surface area (Å²) >= 11 is 0. The summed E-state index contributed by atoms with van der Waals surface area (Å²) in [5, 5.41) is 2.59. The van der Waals surface area contributed by atoms with Gasteiger partial charge in [0, 0.05) is 5.56 Å². The van der Waals surface area contributed by atoms with Gasteiger partial charge in [-0.3, -0.25) is 5.32 Å². The second kappa shape index (κ2) is 7.53. The third-order valence-electron chi connectivity index (χ3n) is 2.77. The van der Waals surface area contributed by atoms with Crippen LogP contribution in [0.2, 0.25) is 0 Å². The van der Waals surface area contributed by atoms with Crippen LogP contribution in [-0.2, 0) is 22.1 Å². The number of nitrogens with one attached hydrogen (secondary N) is 1. The molecular weight excluding hydrogens is 289 g/mol. The molecule has 2 aromatic carbocycles. The molecule has 0 saturated carbocycles. The van der Waals surface area contributed by atoms with Gasteiger partial charge >= 0.3 is 14.1 Å². The fourth-order valence-corrected chi connectivity index (χ4v) is 2.36. The van der Waals surface area contributed by atoms with E-state index in [0.29, 0.717) is 11.3 Å². The lowest BCUT2D eigenvalue weighted by Gasteiger charge is -2.09. The molecule has 0 radical (unpaired) electrons. The molecule has 108 valence electrons. The molecule has 0 aromatic heterocycles. The SMILES string of the molecule is O=C(Nc1ccccc1C[P+](=O)O)OCc1ccccc1. The maximum atomic E-state index is 11.8. The van der Waals surface area contributed by atoms with Crippen molar-refractivity contribution < 1.29 is 19.0 Å². The summed E-state index contributed by atoms with van der Waals surface area (Å²) in [6, 6.07) is 16.2. The van der Waals surface area contributed by atoms with Crippen molar-refractivity contribution in [3.63, 3.8) is 0 Å². The third-order valence-corrected chi connectivity index (χ3v) is 3.38. The highest BCUT2D eigenvalue weighted by Crippen LogP contribution is 2.26. The molecule has 1 atom stereocenters. The van der Waals surface area contributed by atoms with Gasteiger partial charge in [0.15, 0.2) is 0 Å². The van der Waals surface area contributed by atoms with Crippen molar-refractivity contribution in [1.82, 2.24) is 0 Å². The lowest BCUT2D eigenvalue weighted by atomic mass is 10.2. The first kappa shape index (κ1) is 15.2. The maximum Gasteiger partial charge on any atom is 0.510 e. The van der Waals surface area contributed by atoms with E-state index >= 15 is 0 Å². The minimum atomic E-state index is -2.30. The van der Waals surface area contributed by atoms with Crippen LogP contribution in [-0.4, -0.2) is 11.0 Å². The minimum Gasteiger partial charge on any atom is -0.444 e. The van der Waals surface area contributed by atoms with Crippen molar-refractivity contribution in [1.29, 1.82) is 0 Å². The van der Waals surface area contributed by atoms with Gasteiger partial charge in [-0.25, -0.2) is 4.79 Å². The molecule has 21 heavy (non-hydrogen) atoms. The number of ether oxygens (including phenoxy) is 1. The van der Waals surface area contributed by atoms with Gasteiger partial charge in [-0.2, -0.15) is 4.89 Å². The summed E-state index contributed by atoms with van der Waals surface area (Å²) < 4.78 is 16.0. The summed E-state index contributed by atoms with van der Waals surface area (Å²) in [7, 11) is -2.30. The molecule has 0 bridgehead atoms. The maximum absolute atomic E-state index is 11.8. The largest absolute Gasteiger partial charge is 0.510 e. The highest BCUT2D eigenvalue weighted by atomic mass is 31.1. The van der Waals surface area contributed by atoms with Gasteiger partial charge in [-0.05, 0) is 16.2 Å². The Morgan fingerprint density at radius 3 is 2.48 bits per heavy atom. The Labute approximate surface area is 123 Å². The molecule has 0 saturated heterocycles. The van der Waals surface area contributed by atoms with Gasteiger partial charge in [0.1, 0.15) is 6.61 Å². The third kappa shape index (κ3) is 4.99. The highest BCUT2D eigenvalue weighted by molar-refractivity contribution is 7.37. The van der Waals surface area contributed by atoms with Crippen LogP contribution in [0.4, 0.5) is 10.5 Å². The molecule has 0 aliphatic carbocycles. The number of carbonyl (C=O) groups excluding carboxylic acids is 1. The standard InChI is InChI=1S/C15H14NO4P/c17-15(20-10-12-6-2-1-3-7-12)16-14-9-5-4-8-13(14)11-21(18)19/h1-9H,10-11H2,(H-,16,17,18,19)/p+1. The number of carbonyl (C=O) groups is 1. The lowest BCUT2D eigenvalue weighted by Crippen LogP contribution is -2.14. The Morgan fingerprint density at radius 2 is 1.76 bits per heavy atom. The van der Waals surface area contributed by atoms with Crippen molar-refractivity contribution in [3.05, 3.63) is 65.7 Å². The number of benzene rings is 2. The van der Waals surface area contributed by atoms with E-state index in [9.17, 15) is 9.36 Å². The van der Waals surface area contributed by atoms with Crippen LogP contribution in [0.25, 0.3) is 0 Å². The summed E-state index contributed by atoms with van der Waals surface area (Å²) in [6.07, 6.45) is -0.607. The molecule has 0 spiro atoms. The van der Waals surface area contributed by atoms with E-state index in [1.165, 1.54) is 0 Å². The second-order valence-corrected chi connectivity index (χ2v) is 5.37. The molecule has 0 heterocycles. The molecule has 6 heteroatoms. The average Bonchev–Trinajstić information content (AvgIpc) is 2.48. The lowest BCUT2D eigenvalue weighted by molar-refractivity contribution is 0.155. The van der Waals surface area contributed by atoms with Crippen molar-refractivity contribution in [2.24, 2.45) is 0 Å². The molecule has 2 rings (SSSR count). The normalized spacial score (nSPS) is 10.8. The van der Waals surface area contributed by atoms with Gasteiger partial charge in [0.25, 0.3) is 0 Å². The summed E-state index contributed by atoms with van der Waals surface area (Å²) in [4.78, 5) is 20.7. The van der Waals surface area contributed by atoms with Gasteiger partial charge in [0.05, 0.1) is 5.69 Å². The number of hydrogen-bond donors (Lipinski definition) is 2. The quantitative estimate of drug-likeness (QED) is 0.826. The molecule has 0 aliphatic heterocycles. The van der Waals surface area contributed by atoms with Crippen molar-refractivity contribution >= 4 is 19.8 Å². The van der Waals surface area contributed by atoms with E-state index in [4.69, 9.17) is 9.63 Å². The fourth-order valence-electron chi connectivity index (χ4n) is 1.80. The van der Waals surface area contributed by atoms with E-state index in [-0.39, 0.29) is 12.8 Å². The smallest absolute Gasteiger partial charge is 0.444 e. The van der Waals surface area contributed by atoms with Crippen LogP contribution in [0.1, 0.15) is 11.1 Å². The summed E-state index contributed by atoms with van der Waals surface area (Å²) in [5.41, 5.74) is 1.96. The Kier molecular flexibility index (Phi) is 5.43. The zero-order valence-electron chi connectivity index (χ0n) is 11.2. The van der Waals surface area contributed by atoms with Gasteiger partial charge in [0.2, 0.25) is 6.16 Å². The molecular formula is C15H15NO4P+. The van der Waals surface area contributed by atoms with Gasteiger partial charge in [-0.15, -0.1) is 0 Å². The van der Waals surface area contributed by atoms with E-state index in [1.807, 2.05) is 30.3 Å². The minimum absolute atomic E-state index is 0.00945. The first-order valence-electron chi connectivity index (χ1n) is 6.34. The molecule has 2 aromatic rings. The molecule has 0 fully saturated rings. The number of rotatable bonds is 5. The average molecular weight is 304 g/mol. The second-order valence-electron chi connectivity index (χ2n) is 4.35. The number of amides is 1. The molecule has 1 amide bonds. The van der Waals surface area contributed by atoms with Crippen LogP contribution in [0.15, 0.2) is 54.6 Å². The van der Waals surface area contributed by atoms with Crippen LogP contribution in [0.5, 0.6) is 0 Å². The predicted molar refractivity (Wildman–Crippen MR) is 80.2 cm³/mol. The summed E-state index contributed by atoms with van der Waals surface area (Å²) in [6.45, 7) is 0.170. The van der Waals surface area contributed by atoms with E-state index in [0.717, 1.165) is 5.56 Å². The van der Waals surface area contributed by atoms with Crippen LogP contribution in [0.3, 0.4) is 0 Å². The zero-order valence-corrected chi connectivity index (χ0v) is 12.1. The zero-order chi connectivity index (χ0) is 15.1.